The van der Waals surface area contributed by atoms with Gasteiger partial charge in [0.15, 0.2) is 0 Å². The van der Waals surface area contributed by atoms with Crippen LogP contribution in [0.2, 0.25) is 0 Å². The summed E-state index contributed by atoms with van der Waals surface area (Å²) >= 11 is 0. The van der Waals surface area contributed by atoms with E-state index in [-0.39, 0.29) is 17.4 Å². The van der Waals surface area contributed by atoms with Crippen LogP contribution in [-0.4, -0.2) is 36.2 Å². The van der Waals surface area contributed by atoms with Gasteiger partial charge in [0.25, 0.3) is 0 Å². The van der Waals surface area contributed by atoms with Crippen LogP contribution in [-0.2, 0) is 9.53 Å². The summed E-state index contributed by atoms with van der Waals surface area (Å²) in [6.07, 6.45) is 0. The van der Waals surface area contributed by atoms with Crippen molar-refractivity contribution in [1.82, 2.24) is 4.31 Å². The molecular formula is C11H13FN2O3S2. The van der Waals surface area contributed by atoms with Crippen LogP contribution in [0.15, 0.2) is 24.3 Å². The molecule has 0 saturated carbocycles. The highest BCUT2D eigenvalue weighted by atomic mass is 33.1. The Labute approximate surface area is 118 Å². The van der Waals surface area contributed by atoms with Gasteiger partial charge in [0, 0.05) is 18.0 Å². The van der Waals surface area contributed by atoms with Gasteiger partial charge >= 0.3 is 12.0 Å². The molecular weight excluding hydrogens is 291 g/mol. The van der Waals surface area contributed by atoms with E-state index in [2.05, 4.69) is 10.1 Å². The molecule has 0 heterocycles. The van der Waals surface area contributed by atoms with Gasteiger partial charge in [0.05, 0.1) is 12.8 Å². The molecule has 0 aromatic heterocycles. The average Bonchev–Trinajstić information content (AvgIpc) is 2.40. The van der Waals surface area contributed by atoms with E-state index in [0.29, 0.717) is 0 Å². The van der Waals surface area contributed by atoms with Crippen LogP contribution >= 0.6 is 21.8 Å². The molecule has 0 atom stereocenters. The van der Waals surface area contributed by atoms with E-state index in [0.717, 1.165) is 21.8 Å². The molecule has 0 aliphatic rings. The number of urea groups is 1. The number of methoxy groups -OCH3 is 1. The average molecular weight is 304 g/mol. The maximum Gasteiger partial charge on any atom is 0.332 e. The van der Waals surface area contributed by atoms with Crippen molar-refractivity contribution in [3.05, 3.63) is 30.1 Å². The quantitative estimate of drug-likeness (QED) is 0.515. The Morgan fingerprint density at radius 3 is 2.74 bits per heavy atom. The van der Waals surface area contributed by atoms with Crippen molar-refractivity contribution in [1.29, 1.82) is 0 Å². The summed E-state index contributed by atoms with van der Waals surface area (Å²) in [5.41, 5.74) is 0.109. The molecule has 0 fully saturated rings. The highest BCUT2D eigenvalue weighted by Crippen LogP contribution is 2.25. The minimum Gasteiger partial charge on any atom is -0.468 e. The zero-order valence-electron chi connectivity index (χ0n) is 10.4. The minimum atomic E-state index is -0.503. The lowest BCUT2D eigenvalue weighted by Crippen LogP contribution is -2.25. The Kier molecular flexibility index (Phi) is 6.51. The number of carbonyl (C=O) groups is 2. The number of rotatable bonds is 5. The lowest BCUT2D eigenvalue weighted by Gasteiger charge is -2.15. The molecule has 0 saturated heterocycles. The van der Waals surface area contributed by atoms with E-state index in [9.17, 15) is 14.0 Å². The van der Waals surface area contributed by atoms with Gasteiger partial charge in [-0.2, -0.15) is 0 Å². The van der Waals surface area contributed by atoms with Crippen molar-refractivity contribution in [2.75, 3.05) is 25.2 Å². The van der Waals surface area contributed by atoms with Gasteiger partial charge in [-0.15, -0.1) is 0 Å². The van der Waals surface area contributed by atoms with Crippen molar-refractivity contribution in [3.8, 4) is 0 Å². The number of hydrogen-bond acceptors (Lipinski definition) is 5. The van der Waals surface area contributed by atoms with E-state index in [1.165, 1.54) is 36.7 Å². The fraction of sp³-hybridized carbons (Fsp3) is 0.273. The molecule has 0 aliphatic heterocycles. The second-order valence-corrected chi connectivity index (χ2v) is 5.70. The topological polar surface area (TPSA) is 58.6 Å². The standard InChI is InChI=1S/C11H13FN2O3S2/c1-14(19-18-7-10(15)17-2)11(16)13-9-6-4-3-5-8(9)12/h3-6H,7H2,1-2H3,(H,13,16). The second kappa shape index (κ2) is 7.90. The Hall–Kier alpha value is -1.41. The number of para-hydroxylation sites is 1. The minimum absolute atomic E-state index is 0.109. The van der Waals surface area contributed by atoms with Crippen LogP contribution in [0.4, 0.5) is 14.9 Å². The van der Waals surface area contributed by atoms with E-state index in [1.807, 2.05) is 0 Å². The lowest BCUT2D eigenvalue weighted by atomic mass is 10.3. The first kappa shape index (κ1) is 15.6. The molecule has 19 heavy (non-hydrogen) atoms. The second-order valence-electron chi connectivity index (χ2n) is 3.32. The number of hydrogen-bond donors (Lipinski definition) is 1. The molecule has 1 N–H and O–H groups in total. The molecule has 0 spiro atoms. The highest BCUT2D eigenvalue weighted by molar-refractivity contribution is 8.76. The van der Waals surface area contributed by atoms with Crippen LogP contribution in [0.3, 0.4) is 0 Å². The van der Waals surface area contributed by atoms with Gasteiger partial charge in [-0.3, -0.25) is 9.10 Å². The van der Waals surface area contributed by atoms with Crippen molar-refractivity contribution in [2.24, 2.45) is 0 Å². The maximum absolute atomic E-state index is 13.3. The van der Waals surface area contributed by atoms with Gasteiger partial charge in [-0.1, -0.05) is 22.9 Å². The molecule has 0 bridgehead atoms. The molecule has 0 aliphatic carbocycles. The normalized spacial score (nSPS) is 9.84. The molecule has 0 unspecified atom stereocenters. The zero-order valence-corrected chi connectivity index (χ0v) is 12.0. The van der Waals surface area contributed by atoms with Crippen LogP contribution in [0.25, 0.3) is 0 Å². The zero-order chi connectivity index (χ0) is 14.3. The summed E-state index contributed by atoms with van der Waals surface area (Å²) in [5, 5.41) is 2.42. The van der Waals surface area contributed by atoms with Crippen molar-refractivity contribution in [2.45, 2.75) is 0 Å². The summed E-state index contributed by atoms with van der Waals surface area (Å²) in [5.74, 6) is -0.754. The number of esters is 1. The summed E-state index contributed by atoms with van der Waals surface area (Å²) in [6, 6.07) is 5.41. The highest BCUT2D eigenvalue weighted by Gasteiger charge is 2.12. The number of benzene rings is 1. The molecule has 8 heteroatoms. The summed E-state index contributed by atoms with van der Waals surface area (Å²) in [6.45, 7) is 0. The van der Waals surface area contributed by atoms with E-state index >= 15 is 0 Å². The Bertz CT molecular complexity index is 459. The number of amides is 2. The smallest absolute Gasteiger partial charge is 0.332 e. The first-order chi connectivity index (χ1) is 9.04. The third-order valence-corrected chi connectivity index (χ3v) is 4.16. The molecule has 1 aromatic carbocycles. The number of nitrogens with zero attached hydrogens (tertiary/aromatic N) is 1. The first-order valence-electron chi connectivity index (χ1n) is 5.20. The molecule has 2 amide bonds. The Balaban J connectivity index is 2.41. The summed E-state index contributed by atoms with van der Waals surface area (Å²) in [7, 11) is 5.03. The van der Waals surface area contributed by atoms with Gasteiger partial charge in [0.1, 0.15) is 11.6 Å². The third kappa shape index (κ3) is 5.39. The molecule has 104 valence electrons. The van der Waals surface area contributed by atoms with Crippen molar-refractivity contribution >= 4 is 39.5 Å². The fourth-order valence-electron chi connectivity index (χ4n) is 1.00. The van der Waals surface area contributed by atoms with Crippen molar-refractivity contribution in [3.63, 3.8) is 0 Å². The molecule has 1 rings (SSSR count). The van der Waals surface area contributed by atoms with Gasteiger partial charge in [-0.25, -0.2) is 9.18 Å². The number of carbonyl (C=O) groups excluding carboxylic acids is 2. The third-order valence-electron chi connectivity index (χ3n) is 1.97. The summed E-state index contributed by atoms with van der Waals surface area (Å²) < 4.78 is 19.0. The Morgan fingerprint density at radius 1 is 1.42 bits per heavy atom. The number of anilines is 1. The number of halogens is 1. The predicted octanol–water partition coefficient (Wildman–Crippen LogP) is 2.76. The molecule has 0 radical (unpaired) electrons. The fourth-order valence-corrected chi connectivity index (χ4v) is 2.67. The molecule has 5 nitrogen and oxygen atoms in total. The van der Waals surface area contributed by atoms with Crippen molar-refractivity contribution < 1.29 is 18.7 Å². The van der Waals surface area contributed by atoms with E-state index < -0.39 is 11.8 Å². The first-order valence-corrected chi connectivity index (χ1v) is 7.48. The van der Waals surface area contributed by atoms with Crippen LogP contribution in [0.5, 0.6) is 0 Å². The van der Waals surface area contributed by atoms with Gasteiger partial charge in [0.2, 0.25) is 0 Å². The van der Waals surface area contributed by atoms with Gasteiger partial charge < -0.3 is 10.1 Å². The van der Waals surface area contributed by atoms with E-state index in [4.69, 9.17) is 0 Å². The number of ether oxygens (including phenoxy) is 1. The maximum atomic E-state index is 13.3. The number of nitrogens with one attached hydrogen (secondary N) is 1. The SMILES string of the molecule is COC(=O)CSSN(C)C(=O)Nc1ccccc1F. The predicted molar refractivity (Wildman–Crippen MR) is 75.2 cm³/mol. The van der Waals surface area contributed by atoms with Gasteiger partial charge in [-0.05, 0) is 12.1 Å². The molecule has 1 aromatic rings. The van der Waals surface area contributed by atoms with Crippen LogP contribution < -0.4 is 5.32 Å². The summed E-state index contributed by atoms with van der Waals surface area (Å²) in [4.78, 5) is 22.6. The van der Waals surface area contributed by atoms with Crippen LogP contribution in [0, 0.1) is 5.82 Å². The lowest BCUT2D eigenvalue weighted by molar-refractivity contribution is -0.137. The van der Waals surface area contributed by atoms with Crippen LogP contribution in [0.1, 0.15) is 0 Å². The Morgan fingerprint density at radius 2 is 2.11 bits per heavy atom. The monoisotopic (exact) mass is 304 g/mol. The largest absolute Gasteiger partial charge is 0.468 e. The van der Waals surface area contributed by atoms with E-state index in [1.54, 1.807) is 6.07 Å².